The maximum atomic E-state index is 8.95. The van der Waals surface area contributed by atoms with Crippen molar-refractivity contribution in [2.24, 2.45) is 0 Å². The second-order valence-electron chi connectivity index (χ2n) is 5.49. The number of benzene rings is 1. The molecule has 3 nitrogen and oxygen atoms in total. The number of rotatable bonds is 11. The number of hydrogen-bond donors (Lipinski definition) is 1. The summed E-state index contributed by atoms with van der Waals surface area (Å²) in [6.45, 7) is 11.3. The maximum Gasteiger partial charge on any atom is 0.161 e. The highest BCUT2D eigenvalue weighted by molar-refractivity contribution is 5.73. The summed E-state index contributed by atoms with van der Waals surface area (Å²) < 4.78 is 11.4. The Morgan fingerprint density at radius 2 is 1.83 bits per heavy atom. The molecule has 1 N–H and O–H groups in total. The van der Waals surface area contributed by atoms with Crippen molar-refractivity contribution in [1.82, 2.24) is 0 Å². The number of aliphatic hydroxyl groups excluding tert-OH is 1. The van der Waals surface area contributed by atoms with E-state index in [1.165, 1.54) is 5.56 Å². The first-order valence-corrected chi connectivity index (χ1v) is 8.69. The van der Waals surface area contributed by atoms with Crippen LogP contribution in [-0.4, -0.2) is 24.9 Å². The quantitative estimate of drug-likeness (QED) is 0.357. The molecule has 0 saturated carbocycles. The molecule has 0 spiro atoms. The van der Waals surface area contributed by atoms with Crippen LogP contribution in [0.5, 0.6) is 0 Å². The first kappa shape index (κ1) is 20.0. The van der Waals surface area contributed by atoms with E-state index in [1.807, 2.05) is 26.0 Å². The molecule has 3 heteroatoms. The Bertz CT molecular complexity index is 553. The molecular weight excluding hydrogens is 300 g/mol. The minimum Gasteiger partial charge on any atom is -0.490 e. The lowest BCUT2D eigenvalue weighted by Gasteiger charge is -2.15. The lowest BCUT2D eigenvalue weighted by molar-refractivity contribution is 0.142. The van der Waals surface area contributed by atoms with E-state index in [2.05, 4.69) is 37.8 Å². The summed E-state index contributed by atoms with van der Waals surface area (Å²) in [4.78, 5) is 0. The molecule has 0 saturated heterocycles. The topological polar surface area (TPSA) is 38.7 Å². The van der Waals surface area contributed by atoms with Crippen LogP contribution in [0, 0.1) is 0 Å². The predicted octanol–water partition coefficient (Wildman–Crippen LogP) is 4.88. The molecule has 0 heterocycles. The first-order valence-electron chi connectivity index (χ1n) is 8.69. The van der Waals surface area contributed by atoms with E-state index in [0.717, 1.165) is 24.0 Å². The van der Waals surface area contributed by atoms with Gasteiger partial charge < -0.3 is 14.6 Å². The molecule has 0 aromatic heterocycles. The van der Waals surface area contributed by atoms with Gasteiger partial charge in [-0.15, -0.1) is 0 Å². The van der Waals surface area contributed by atoms with E-state index in [9.17, 15) is 0 Å². The van der Waals surface area contributed by atoms with Crippen LogP contribution in [0.3, 0.4) is 0 Å². The van der Waals surface area contributed by atoms with Crippen LogP contribution in [0.25, 0.3) is 5.57 Å². The van der Waals surface area contributed by atoms with Crippen molar-refractivity contribution >= 4 is 5.57 Å². The Kier molecular flexibility index (Phi) is 9.62. The minimum atomic E-state index is 0.104. The summed E-state index contributed by atoms with van der Waals surface area (Å²) in [5.41, 5.74) is 3.27. The zero-order chi connectivity index (χ0) is 17.8. The van der Waals surface area contributed by atoms with E-state index in [4.69, 9.17) is 14.6 Å². The van der Waals surface area contributed by atoms with E-state index >= 15 is 0 Å². The number of aryl methyl sites for hydroxylation is 1. The SMILES string of the molecule is C=C(/C=C(OCCCO)\C(=C/C)OCC)c1ccc(CCC)cc1. The molecule has 0 aliphatic carbocycles. The first-order chi connectivity index (χ1) is 11.7. The van der Waals surface area contributed by atoms with Gasteiger partial charge in [0.1, 0.15) is 0 Å². The van der Waals surface area contributed by atoms with Crippen molar-refractivity contribution in [3.8, 4) is 0 Å². The van der Waals surface area contributed by atoms with Gasteiger partial charge in [-0.3, -0.25) is 0 Å². The number of ether oxygens (including phenoxy) is 2. The molecule has 0 fully saturated rings. The van der Waals surface area contributed by atoms with Gasteiger partial charge >= 0.3 is 0 Å². The smallest absolute Gasteiger partial charge is 0.161 e. The average molecular weight is 330 g/mol. The Balaban J connectivity index is 2.95. The van der Waals surface area contributed by atoms with Crippen molar-refractivity contribution < 1.29 is 14.6 Å². The number of aliphatic hydroxyl groups is 1. The summed E-state index contributed by atoms with van der Waals surface area (Å²) in [6.07, 6.45) is 6.59. The Labute approximate surface area is 146 Å². The number of allylic oxidation sites excluding steroid dienone is 3. The van der Waals surface area contributed by atoms with Gasteiger partial charge in [0.05, 0.1) is 13.2 Å². The normalized spacial score (nSPS) is 12.2. The maximum absolute atomic E-state index is 8.95. The lowest BCUT2D eigenvalue weighted by atomic mass is 10.0. The van der Waals surface area contributed by atoms with Gasteiger partial charge in [0, 0.05) is 13.0 Å². The molecule has 1 rings (SSSR count). The summed E-state index contributed by atoms with van der Waals surface area (Å²) in [5, 5.41) is 8.95. The molecule has 0 aliphatic heterocycles. The van der Waals surface area contributed by atoms with E-state index in [-0.39, 0.29) is 6.61 Å². The third-order valence-corrected chi connectivity index (χ3v) is 3.53. The van der Waals surface area contributed by atoms with Gasteiger partial charge in [-0.05, 0) is 49.1 Å². The summed E-state index contributed by atoms with van der Waals surface area (Å²) in [7, 11) is 0. The van der Waals surface area contributed by atoms with Gasteiger partial charge in [0.15, 0.2) is 11.5 Å². The van der Waals surface area contributed by atoms with Crippen LogP contribution in [0.4, 0.5) is 0 Å². The fourth-order valence-electron chi connectivity index (χ4n) is 2.30. The van der Waals surface area contributed by atoms with Crippen molar-refractivity contribution in [3.05, 3.63) is 65.6 Å². The van der Waals surface area contributed by atoms with Crippen LogP contribution in [-0.2, 0) is 15.9 Å². The van der Waals surface area contributed by atoms with Crippen LogP contribution >= 0.6 is 0 Å². The predicted molar refractivity (Wildman–Crippen MR) is 101 cm³/mol. The molecule has 0 atom stereocenters. The number of hydrogen-bond acceptors (Lipinski definition) is 3. The second kappa shape index (κ2) is 11.5. The molecule has 1 aromatic carbocycles. The van der Waals surface area contributed by atoms with Crippen LogP contribution in [0.2, 0.25) is 0 Å². The fraction of sp³-hybridized carbons (Fsp3) is 0.429. The largest absolute Gasteiger partial charge is 0.490 e. The zero-order valence-corrected chi connectivity index (χ0v) is 15.2. The lowest BCUT2D eigenvalue weighted by Crippen LogP contribution is -2.04. The van der Waals surface area contributed by atoms with E-state index < -0.39 is 0 Å². The monoisotopic (exact) mass is 330 g/mol. The van der Waals surface area contributed by atoms with Crippen LogP contribution < -0.4 is 0 Å². The van der Waals surface area contributed by atoms with Gasteiger partial charge in [0.25, 0.3) is 0 Å². The average Bonchev–Trinajstić information content (AvgIpc) is 2.60. The Morgan fingerprint density at radius 3 is 2.38 bits per heavy atom. The van der Waals surface area contributed by atoms with Crippen LogP contribution in [0.1, 0.15) is 44.7 Å². The van der Waals surface area contributed by atoms with Gasteiger partial charge in [-0.25, -0.2) is 0 Å². The molecule has 0 bridgehead atoms. The summed E-state index contributed by atoms with van der Waals surface area (Å²) in [6, 6.07) is 8.46. The molecule has 24 heavy (non-hydrogen) atoms. The highest BCUT2D eigenvalue weighted by Gasteiger charge is 2.09. The molecule has 0 amide bonds. The molecule has 0 aliphatic rings. The standard InChI is InChI=1S/C21H30O3/c1-5-9-18-10-12-19(13-11-18)17(4)16-21(24-15-8-14-22)20(6-2)23-7-3/h6,10-13,16,22H,4-5,7-9,14-15H2,1-3H3/b20-6+,21-16+. The third kappa shape index (κ3) is 6.63. The fourth-order valence-corrected chi connectivity index (χ4v) is 2.30. The highest BCUT2D eigenvalue weighted by atomic mass is 16.5. The summed E-state index contributed by atoms with van der Waals surface area (Å²) in [5.74, 6) is 1.34. The highest BCUT2D eigenvalue weighted by Crippen LogP contribution is 2.22. The molecule has 132 valence electrons. The van der Waals surface area contributed by atoms with E-state index in [0.29, 0.717) is 31.2 Å². The zero-order valence-electron chi connectivity index (χ0n) is 15.2. The molecule has 0 radical (unpaired) electrons. The van der Waals surface area contributed by atoms with Crippen molar-refractivity contribution in [1.29, 1.82) is 0 Å². The van der Waals surface area contributed by atoms with Crippen LogP contribution in [0.15, 0.2) is 54.5 Å². The van der Waals surface area contributed by atoms with Gasteiger partial charge in [-0.1, -0.05) is 44.2 Å². The second-order valence-corrected chi connectivity index (χ2v) is 5.49. The summed E-state index contributed by atoms with van der Waals surface area (Å²) >= 11 is 0. The van der Waals surface area contributed by atoms with Crippen molar-refractivity contribution in [2.75, 3.05) is 19.8 Å². The molecule has 1 aromatic rings. The van der Waals surface area contributed by atoms with Crippen molar-refractivity contribution in [2.45, 2.75) is 40.0 Å². The Morgan fingerprint density at radius 1 is 1.12 bits per heavy atom. The van der Waals surface area contributed by atoms with Gasteiger partial charge in [-0.2, -0.15) is 0 Å². The van der Waals surface area contributed by atoms with Crippen molar-refractivity contribution in [3.63, 3.8) is 0 Å². The van der Waals surface area contributed by atoms with E-state index in [1.54, 1.807) is 0 Å². The molecule has 0 unspecified atom stereocenters. The Hall–Kier alpha value is -2.00. The minimum absolute atomic E-state index is 0.104. The van der Waals surface area contributed by atoms with Gasteiger partial charge in [0.2, 0.25) is 0 Å². The third-order valence-electron chi connectivity index (χ3n) is 3.53. The molecular formula is C21H30O3.